The third kappa shape index (κ3) is 5.13. The van der Waals surface area contributed by atoms with Crippen molar-refractivity contribution in [1.82, 2.24) is 4.31 Å². The van der Waals surface area contributed by atoms with E-state index in [1.165, 1.54) is 47.6 Å². The number of benzene rings is 1. The number of hydrogen-bond donors (Lipinski definition) is 1. The van der Waals surface area contributed by atoms with Crippen LogP contribution in [0.15, 0.2) is 41.3 Å². The largest absolute Gasteiger partial charge is 0.449 e. The highest BCUT2D eigenvalue weighted by Gasteiger charge is 2.26. The molecule has 1 aliphatic heterocycles. The van der Waals surface area contributed by atoms with E-state index >= 15 is 0 Å². The van der Waals surface area contributed by atoms with E-state index in [4.69, 9.17) is 9.47 Å². The monoisotopic (exact) mass is 382 g/mol. The van der Waals surface area contributed by atoms with Gasteiger partial charge in [-0.1, -0.05) is 6.08 Å². The summed E-state index contributed by atoms with van der Waals surface area (Å²) in [5.41, 5.74) is 0.407. The molecule has 142 valence electrons. The van der Waals surface area contributed by atoms with E-state index in [-0.39, 0.29) is 4.90 Å². The molecule has 0 aromatic heterocycles. The lowest BCUT2D eigenvalue weighted by atomic mass is 10.3. The summed E-state index contributed by atoms with van der Waals surface area (Å²) in [7, 11) is -3.58. The second kappa shape index (κ2) is 8.93. The van der Waals surface area contributed by atoms with Crippen molar-refractivity contribution in [2.24, 2.45) is 0 Å². The summed E-state index contributed by atoms with van der Waals surface area (Å²) in [6.07, 6.45) is 1.76. The van der Waals surface area contributed by atoms with Gasteiger partial charge in [-0.3, -0.25) is 4.79 Å². The summed E-state index contributed by atoms with van der Waals surface area (Å²) < 4.78 is 36.5. The molecule has 26 heavy (non-hydrogen) atoms. The van der Waals surface area contributed by atoms with Gasteiger partial charge >= 0.3 is 5.97 Å². The van der Waals surface area contributed by atoms with Crippen LogP contribution in [0.2, 0.25) is 0 Å². The minimum atomic E-state index is -3.58. The Morgan fingerprint density at radius 2 is 1.85 bits per heavy atom. The first-order valence-electron chi connectivity index (χ1n) is 8.16. The van der Waals surface area contributed by atoms with E-state index in [0.29, 0.717) is 32.0 Å². The molecule has 1 aliphatic rings. The fourth-order valence-corrected chi connectivity index (χ4v) is 3.70. The van der Waals surface area contributed by atoms with Gasteiger partial charge < -0.3 is 14.8 Å². The summed E-state index contributed by atoms with van der Waals surface area (Å²) in [6.45, 7) is 4.49. The van der Waals surface area contributed by atoms with Gasteiger partial charge in [0, 0.05) is 24.9 Å². The average molecular weight is 382 g/mol. The van der Waals surface area contributed by atoms with Gasteiger partial charge in [0.15, 0.2) is 6.10 Å². The maximum Gasteiger partial charge on any atom is 0.331 e. The first kappa shape index (κ1) is 20.1. The van der Waals surface area contributed by atoms with E-state index < -0.39 is 28.0 Å². The second-order valence-electron chi connectivity index (χ2n) is 5.61. The summed E-state index contributed by atoms with van der Waals surface area (Å²) >= 11 is 0. The van der Waals surface area contributed by atoms with Crippen molar-refractivity contribution in [3.05, 3.63) is 36.4 Å². The number of anilines is 1. The average Bonchev–Trinajstić information content (AvgIpc) is 2.63. The zero-order valence-corrected chi connectivity index (χ0v) is 15.5. The standard InChI is InChI=1S/C17H22N2O6S/c1-3-4-16(20)25-13(2)17(21)18-14-5-7-15(8-6-14)26(22,23)19-9-11-24-12-10-19/h3-8,13H,9-12H2,1-2H3,(H,18,21)/b4-3+. The van der Waals surface area contributed by atoms with Gasteiger partial charge in [0.05, 0.1) is 18.1 Å². The number of carbonyl (C=O) groups excluding carboxylic acids is 2. The third-order valence-electron chi connectivity index (χ3n) is 3.69. The maximum atomic E-state index is 12.5. The molecule has 1 N–H and O–H groups in total. The highest BCUT2D eigenvalue weighted by molar-refractivity contribution is 7.89. The summed E-state index contributed by atoms with van der Waals surface area (Å²) in [4.78, 5) is 23.5. The quantitative estimate of drug-likeness (QED) is 0.585. The summed E-state index contributed by atoms with van der Waals surface area (Å²) in [5.74, 6) is -1.12. The molecule has 1 atom stereocenters. The molecule has 1 aromatic carbocycles. The number of rotatable bonds is 6. The van der Waals surface area contributed by atoms with Crippen molar-refractivity contribution in [2.75, 3.05) is 31.6 Å². The molecule has 1 fully saturated rings. The number of carbonyl (C=O) groups is 2. The number of esters is 1. The summed E-state index contributed by atoms with van der Waals surface area (Å²) in [5, 5.41) is 2.58. The van der Waals surface area contributed by atoms with Crippen LogP contribution in [0.1, 0.15) is 13.8 Å². The molecular weight excluding hydrogens is 360 g/mol. The number of morpholine rings is 1. The maximum absolute atomic E-state index is 12.5. The van der Waals surface area contributed by atoms with Crippen molar-refractivity contribution in [3.63, 3.8) is 0 Å². The van der Waals surface area contributed by atoms with Crippen LogP contribution in [0.3, 0.4) is 0 Å². The molecule has 1 unspecified atom stereocenters. The van der Waals surface area contributed by atoms with Crippen LogP contribution < -0.4 is 5.32 Å². The molecule has 0 saturated carbocycles. The number of hydrogen-bond acceptors (Lipinski definition) is 6. The van der Waals surface area contributed by atoms with E-state index in [1.54, 1.807) is 6.92 Å². The van der Waals surface area contributed by atoms with Gasteiger partial charge in [-0.15, -0.1) is 0 Å². The van der Waals surface area contributed by atoms with Crippen LogP contribution in [0.5, 0.6) is 0 Å². The minimum Gasteiger partial charge on any atom is -0.449 e. The highest BCUT2D eigenvalue weighted by atomic mass is 32.2. The van der Waals surface area contributed by atoms with Gasteiger partial charge in [0.2, 0.25) is 10.0 Å². The number of nitrogens with zero attached hydrogens (tertiary/aromatic N) is 1. The lowest BCUT2D eigenvalue weighted by Crippen LogP contribution is -2.40. The Labute approximate surface area is 152 Å². The molecule has 1 heterocycles. The van der Waals surface area contributed by atoms with Crippen molar-refractivity contribution < 1.29 is 27.5 Å². The van der Waals surface area contributed by atoms with Crippen LogP contribution in [0, 0.1) is 0 Å². The molecule has 1 amide bonds. The predicted octanol–water partition coefficient (Wildman–Crippen LogP) is 1.15. The Hall–Kier alpha value is -2.23. The molecule has 1 saturated heterocycles. The zero-order valence-electron chi connectivity index (χ0n) is 14.7. The van der Waals surface area contributed by atoms with Gasteiger partial charge in [-0.2, -0.15) is 4.31 Å². The molecule has 8 nitrogen and oxygen atoms in total. The number of nitrogens with one attached hydrogen (secondary N) is 1. The number of allylic oxidation sites excluding steroid dienone is 1. The van der Waals surface area contributed by atoms with Crippen molar-refractivity contribution >= 4 is 27.6 Å². The van der Waals surface area contributed by atoms with E-state index in [9.17, 15) is 18.0 Å². The lowest BCUT2D eigenvalue weighted by Gasteiger charge is -2.26. The van der Waals surface area contributed by atoms with Gasteiger partial charge in [0.25, 0.3) is 5.91 Å². The Morgan fingerprint density at radius 3 is 2.42 bits per heavy atom. The van der Waals surface area contributed by atoms with Crippen LogP contribution in [0.4, 0.5) is 5.69 Å². The van der Waals surface area contributed by atoms with Gasteiger partial charge in [-0.05, 0) is 38.1 Å². The van der Waals surface area contributed by atoms with E-state index in [2.05, 4.69) is 5.32 Å². The first-order valence-corrected chi connectivity index (χ1v) is 9.60. The third-order valence-corrected chi connectivity index (χ3v) is 5.61. The Morgan fingerprint density at radius 1 is 1.23 bits per heavy atom. The molecule has 0 radical (unpaired) electrons. The normalized spacial score (nSPS) is 17.0. The zero-order chi connectivity index (χ0) is 19.2. The predicted molar refractivity (Wildman–Crippen MR) is 95.0 cm³/mol. The van der Waals surface area contributed by atoms with Crippen LogP contribution in [-0.4, -0.2) is 57.0 Å². The fraction of sp³-hybridized carbons (Fsp3) is 0.412. The second-order valence-corrected chi connectivity index (χ2v) is 7.55. The topological polar surface area (TPSA) is 102 Å². The van der Waals surface area contributed by atoms with E-state index in [0.717, 1.165) is 0 Å². The summed E-state index contributed by atoms with van der Waals surface area (Å²) in [6, 6.07) is 5.84. The van der Waals surface area contributed by atoms with Crippen LogP contribution in [-0.2, 0) is 29.1 Å². The van der Waals surface area contributed by atoms with Crippen molar-refractivity contribution in [2.45, 2.75) is 24.8 Å². The number of ether oxygens (including phenoxy) is 2. The molecule has 0 bridgehead atoms. The van der Waals surface area contributed by atoms with Crippen molar-refractivity contribution in [1.29, 1.82) is 0 Å². The highest BCUT2D eigenvalue weighted by Crippen LogP contribution is 2.19. The fourth-order valence-electron chi connectivity index (χ4n) is 2.29. The molecule has 9 heteroatoms. The molecule has 0 spiro atoms. The molecule has 2 rings (SSSR count). The lowest BCUT2D eigenvalue weighted by molar-refractivity contribution is -0.148. The van der Waals surface area contributed by atoms with Gasteiger partial charge in [-0.25, -0.2) is 13.2 Å². The van der Waals surface area contributed by atoms with Crippen LogP contribution >= 0.6 is 0 Å². The Balaban J connectivity index is 2.00. The molecule has 1 aromatic rings. The van der Waals surface area contributed by atoms with Crippen molar-refractivity contribution in [3.8, 4) is 0 Å². The van der Waals surface area contributed by atoms with Gasteiger partial charge in [0.1, 0.15) is 0 Å². The Bertz CT molecular complexity index is 767. The smallest absolute Gasteiger partial charge is 0.331 e. The Kier molecular flexibility index (Phi) is 6.90. The number of sulfonamides is 1. The van der Waals surface area contributed by atoms with E-state index in [1.807, 2.05) is 0 Å². The first-order chi connectivity index (χ1) is 12.3. The SMILES string of the molecule is C/C=C/C(=O)OC(C)C(=O)Nc1ccc(S(=O)(=O)N2CCOCC2)cc1. The molecule has 0 aliphatic carbocycles. The molecular formula is C17H22N2O6S. The van der Waals surface area contributed by atoms with Crippen LogP contribution in [0.25, 0.3) is 0 Å². The number of amides is 1. The minimum absolute atomic E-state index is 0.143.